The number of imidazole rings is 1. The second-order valence-electron chi connectivity index (χ2n) is 8.17. The van der Waals surface area contributed by atoms with Gasteiger partial charge in [-0.15, -0.1) is 0 Å². The number of nitrogens with one attached hydrogen (secondary N) is 1. The first-order chi connectivity index (χ1) is 15.9. The summed E-state index contributed by atoms with van der Waals surface area (Å²) < 4.78 is 16.6. The molecule has 3 aromatic carbocycles. The second-order valence-corrected chi connectivity index (χ2v) is 8.17. The van der Waals surface area contributed by atoms with E-state index < -0.39 is 11.8 Å². The molecule has 1 amide bonds. The Balaban J connectivity index is 1.38. The molecular weight excluding hydrogens is 423 g/mol. The van der Waals surface area contributed by atoms with Crippen molar-refractivity contribution in [1.82, 2.24) is 9.55 Å². The highest BCUT2D eigenvalue weighted by Crippen LogP contribution is 2.31. The van der Waals surface area contributed by atoms with Gasteiger partial charge in [-0.25, -0.2) is 14.2 Å². The molecule has 0 saturated carbocycles. The summed E-state index contributed by atoms with van der Waals surface area (Å²) in [6, 6.07) is 17.5. The largest absolute Gasteiger partial charge is 0.478 e. The molecule has 1 fully saturated rings. The van der Waals surface area contributed by atoms with Crippen molar-refractivity contribution in [1.29, 1.82) is 0 Å². The first kappa shape index (κ1) is 20.7. The number of aromatic carboxylic acids is 1. The van der Waals surface area contributed by atoms with Crippen molar-refractivity contribution in [2.45, 2.75) is 6.92 Å². The van der Waals surface area contributed by atoms with E-state index in [4.69, 9.17) is 0 Å². The summed E-state index contributed by atoms with van der Waals surface area (Å²) in [5.74, 6) is -1.68. The Morgan fingerprint density at radius 1 is 1.06 bits per heavy atom. The van der Waals surface area contributed by atoms with Crippen LogP contribution in [0.25, 0.3) is 16.7 Å². The van der Waals surface area contributed by atoms with E-state index in [1.165, 1.54) is 18.5 Å². The normalized spacial score (nSPS) is 13.7. The molecule has 8 heteroatoms. The van der Waals surface area contributed by atoms with Gasteiger partial charge in [-0.2, -0.15) is 0 Å². The van der Waals surface area contributed by atoms with Gasteiger partial charge in [-0.3, -0.25) is 9.36 Å². The maximum absolute atomic E-state index is 14.8. The van der Waals surface area contributed by atoms with E-state index in [1.54, 1.807) is 23.6 Å². The Morgan fingerprint density at radius 3 is 2.52 bits per heavy atom. The molecule has 4 aromatic rings. The van der Waals surface area contributed by atoms with E-state index in [-0.39, 0.29) is 22.9 Å². The van der Waals surface area contributed by atoms with Crippen LogP contribution in [-0.2, 0) is 4.79 Å². The number of nitrogens with zero attached hydrogens (tertiary/aromatic N) is 3. The summed E-state index contributed by atoms with van der Waals surface area (Å²) in [6.07, 6.45) is 1.53. The lowest BCUT2D eigenvalue weighted by Gasteiger charge is -2.40. The summed E-state index contributed by atoms with van der Waals surface area (Å²) in [4.78, 5) is 30.0. The van der Waals surface area contributed by atoms with Crippen LogP contribution in [0.1, 0.15) is 15.9 Å². The number of aryl methyl sites for hydroxylation is 1. The maximum Gasteiger partial charge on any atom is 0.335 e. The fraction of sp³-hybridized carbons (Fsp3) is 0.160. The molecule has 5 rings (SSSR count). The van der Waals surface area contributed by atoms with E-state index in [1.807, 2.05) is 41.3 Å². The summed E-state index contributed by atoms with van der Waals surface area (Å²) in [7, 11) is 0. The van der Waals surface area contributed by atoms with Crippen LogP contribution >= 0.6 is 0 Å². The molecule has 33 heavy (non-hydrogen) atoms. The molecule has 0 bridgehead atoms. The molecule has 0 spiro atoms. The minimum Gasteiger partial charge on any atom is -0.478 e. The number of carboxylic acids is 1. The molecular formula is C25H21FN4O3. The zero-order chi connectivity index (χ0) is 23.1. The molecule has 2 N–H and O–H groups in total. The van der Waals surface area contributed by atoms with Gasteiger partial charge in [0.2, 0.25) is 5.91 Å². The predicted molar refractivity (Wildman–Crippen MR) is 123 cm³/mol. The van der Waals surface area contributed by atoms with Crippen LogP contribution < -0.4 is 10.2 Å². The smallest absolute Gasteiger partial charge is 0.335 e. The van der Waals surface area contributed by atoms with E-state index in [0.717, 1.165) is 5.69 Å². The van der Waals surface area contributed by atoms with Crippen LogP contribution in [0, 0.1) is 18.7 Å². The Labute approximate surface area is 189 Å². The molecule has 0 unspecified atom stereocenters. The molecule has 1 aliphatic heterocycles. The third-order valence-corrected chi connectivity index (χ3v) is 5.97. The lowest BCUT2D eigenvalue weighted by molar-refractivity contribution is -0.120. The minimum absolute atomic E-state index is 0.0574. The van der Waals surface area contributed by atoms with Crippen molar-refractivity contribution < 1.29 is 19.1 Å². The van der Waals surface area contributed by atoms with Gasteiger partial charge in [0.25, 0.3) is 0 Å². The number of hydrogen-bond acceptors (Lipinski definition) is 4. The van der Waals surface area contributed by atoms with Crippen molar-refractivity contribution in [2.75, 3.05) is 23.3 Å². The van der Waals surface area contributed by atoms with Crippen LogP contribution in [0.4, 0.5) is 15.8 Å². The van der Waals surface area contributed by atoms with Crippen molar-refractivity contribution in [3.63, 3.8) is 0 Å². The molecule has 1 aliphatic rings. The van der Waals surface area contributed by atoms with E-state index in [0.29, 0.717) is 35.5 Å². The Hall–Kier alpha value is -4.20. The topological polar surface area (TPSA) is 87.5 Å². The quantitative estimate of drug-likeness (QED) is 0.481. The minimum atomic E-state index is -0.994. The number of halogens is 1. The number of anilines is 2. The highest BCUT2D eigenvalue weighted by atomic mass is 19.1. The van der Waals surface area contributed by atoms with Crippen molar-refractivity contribution >= 4 is 34.3 Å². The Kier molecular flexibility index (Phi) is 5.05. The lowest BCUT2D eigenvalue weighted by Crippen LogP contribution is -2.52. The average Bonchev–Trinajstić information content (AvgIpc) is 3.17. The fourth-order valence-corrected chi connectivity index (χ4v) is 4.11. The second kappa shape index (κ2) is 8.05. The number of amides is 1. The molecule has 166 valence electrons. The van der Waals surface area contributed by atoms with Crippen LogP contribution in [0.2, 0.25) is 0 Å². The molecule has 1 aromatic heterocycles. The van der Waals surface area contributed by atoms with E-state index in [2.05, 4.69) is 10.3 Å². The zero-order valence-corrected chi connectivity index (χ0v) is 17.8. The maximum atomic E-state index is 14.8. The molecule has 0 aliphatic carbocycles. The van der Waals surface area contributed by atoms with Crippen LogP contribution in [-0.4, -0.2) is 39.6 Å². The third kappa shape index (κ3) is 3.80. The fourth-order valence-electron chi connectivity index (χ4n) is 4.11. The predicted octanol–water partition coefficient (Wildman–Crippen LogP) is 4.25. The number of para-hydroxylation sites is 1. The van der Waals surface area contributed by atoms with E-state index in [9.17, 15) is 19.1 Å². The summed E-state index contributed by atoms with van der Waals surface area (Å²) in [5.41, 5.74) is 3.75. The first-order valence-electron chi connectivity index (χ1n) is 10.5. The standard InChI is InChI=1S/C25H21FN4O3/c1-15-9-18(7-8-20(15)25(32)33)30-14-27-23-21(26)10-19(11-22(23)30)29-12-16(13-29)24(31)28-17-5-3-2-4-6-17/h2-11,14,16H,12-13H2,1H3,(H,28,31)(H,32,33). The lowest BCUT2D eigenvalue weighted by atomic mass is 9.98. The summed E-state index contributed by atoms with van der Waals surface area (Å²) >= 11 is 0. The number of rotatable bonds is 5. The highest BCUT2D eigenvalue weighted by Gasteiger charge is 2.33. The number of carbonyl (C=O) groups excluding carboxylic acids is 1. The molecule has 2 heterocycles. The number of aromatic nitrogens is 2. The van der Waals surface area contributed by atoms with Crippen molar-refractivity contribution in [3.05, 3.63) is 83.9 Å². The van der Waals surface area contributed by atoms with Crippen LogP contribution in [0.15, 0.2) is 67.0 Å². The Morgan fingerprint density at radius 2 is 1.82 bits per heavy atom. The SMILES string of the molecule is Cc1cc(-n2cnc3c(F)cc(N4CC(C(=O)Nc5ccccc5)C4)cc32)ccc1C(=O)O. The zero-order valence-electron chi connectivity index (χ0n) is 17.8. The van der Waals surface area contributed by atoms with Gasteiger partial charge in [0, 0.05) is 30.2 Å². The summed E-state index contributed by atoms with van der Waals surface area (Å²) in [5, 5.41) is 12.2. The van der Waals surface area contributed by atoms with Gasteiger partial charge in [0.05, 0.1) is 17.0 Å². The van der Waals surface area contributed by atoms with E-state index >= 15 is 0 Å². The van der Waals surface area contributed by atoms with Gasteiger partial charge >= 0.3 is 5.97 Å². The molecule has 0 atom stereocenters. The van der Waals surface area contributed by atoms with Gasteiger partial charge in [0.15, 0.2) is 5.82 Å². The molecule has 0 radical (unpaired) electrons. The summed E-state index contributed by atoms with van der Waals surface area (Å²) in [6.45, 7) is 2.70. The third-order valence-electron chi connectivity index (χ3n) is 5.97. The molecule has 7 nitrogen and oxygen atoms in total. The van der Waals surface area contributed by atoms with Gasteiger partial charge < -0.3 is 15.3 Å². The van der Waals surface area contributed by atoms with Crippen molar-refractivity contribution in [3.8, 4) is 5.69 Å². The number of carbonyl (C=O) groups is 2. The van der Waals surface area contributed by atoms with Crippen molar-refractivity contribution in [2.24, 2.45) is 5.92 Å². The van der Waals surface area contributed by atoms with Gasteiger partial charge in [-0.05, 0) is 55.0 Å². The Bertz CT molecular complexity index is 1380. The number of benzene rings is 3. The van der Waals surface area contributed by atoms with Crippen LogP contribution in [0.5, 0.6) is 0 Å². The number of hydrogen-bond donors (Lipinski definition) is 2. The number of fused-ring (bicyclic) bond motifs is 1. The molecule has 1 saturated heterocycles. The number of carboxylic acid groups (broad SMARTS) is 1. The van der Waals surface area contributed by atoms with Crippen LogP contribution in [0.3, 0.4) is 0 Å². The highest BCUT2D eigenvalue weighted by molar-refractivity contribution is 5.94. The van der Waals surface area contributed by atoms with Gasteiger partial charge in [-0.1, -0.05) is 18.2 Å². The monoisotopic (exact) mass is 444 g/mol. The first-order valence-corrected chi connectivity index (χ1v) is 10.5. The van der Waals surface area contributed by atoms with Gasteiger partial charge in [0.1, 0.15) is 11.8 Å². The average molecular weight is 444 g/mol.